The number of likely N-dealkylation sites (N-methyl/N-ethyl adjacent to an activating group) is 1. The van der Waals surface area contributed by atoms with E-state index in [-0.39, 0.29) is 36.2 Å². The van der Waals surface area contributed by atoms with Crippen LogP contribution in [0.3, 0.4) is 0 Å². The minimum Gasteiger partial charge on any atom is -0.477 e. The molecule has 0 bridgehead atoms. The van der Waals surface area contributed by atoms with Crippen molar-refractivity contribution in [2.24, 2.45) is 0 Å². The Kier molecular flexibility index (Phi) is 38.9. The molecule has 0 radical (unpaired) electrons. The number of nitrogens with zero attached hydrogens (tertiary/aromatic N) is 1. The van der Waals surface area contributed by atoms with Crippen LogP contribution in [0.1, 0.15) is 239 Å². The van der Waals surface area contributed by atoms with Crippen molar-refractivity contribution in [2.45, 2.75) is 251 Å². The quantitative estimate of drug-likeness (QED) is 0.0372. The highest BCUT2D eigenvalue weighted by molar-refractivity contribution is 5.72. The molecule has 0 aliphatic carbocycles. The Labute approximate surface area is 346 Å². The fourth-order valence-corrected chi connectivity index (χ4v) is 7.51. The van der Waals surface area contributed by atoms with Crippen LogP contribution >= 0.6 is 0 Å². The van der Waals surface area contributed by atoms with Gasteiger partial charge in [0.15, 0.2) is 12.1 Å². The van der Waals surface area contributed by atoms with Crippen molar-refractivity contribution in [3.05, 3.63) is 0 Å². The molecule has 0 fully saturated rings. The summed E-state index contributed by atoms with van der Waals surface area (Å²) < 4.78 is 17.3. The summed E-state index contributed by atoms with van der Waals surface area (Å²) in [6.07, 6.45) is 41.7. The summed E-state index contributed by atoms with van der Waals surface area (Å²) in [5, 5.41) is 9.61. The summed E-state index contributed by atoms with van der Waals surface area (Å²) in [4.78, 5) is 36.9. The van der Waals surface area contributed by atoms with Crippen LogP contribution < -0.4 is 0 Å². The maximum Gasteiger partial charge on any atom is 0.362 e. The zero-order valence-electron chi connectivity index (χ0n) is 37.9. The summed E-state index contributed by atoms with van der Waals surface area (Å²) in [6.45, 7) is 4.75. The lowest BCUT2D eigenvalue weighted by Crippen LogP contribution is -2.50. The van der Waals surface area contributed by atoms with Gasteiger partial charge in [0.2, 0.25) is 0 Å². The van der Waals surface area contributed by atoms with Crippen molar-refractivity contribution in [3.63, 3.8) is 0 Å². The molecule has 2 atom stereocenters. The number of carbonyl (C=O) groups is 3. The molecule has 0 rings (SSSR count). The van der Waals surface area contributed by atoms with Crippen molar-refractivity contribution in [1.29, 1.82) is 0 Å². The standard InChI is InChI=1S/C48H93NO7/c1-6-8-10-12-14-16-17-18-19-20-21-22-23-24-25-26-27-28-29-30-31-33-35-37-39-47(51)56-44(42-54-41-40-45(48(52)53)49(3,4)5)43-55-46(50)38-36-34-32-15-13-11-9-7-2/h44-45H,6-43H2,1-5H3/p+1. The molecule has 1 N–H and O–H groups in total. The van der Waals surface area contributed by atoms with Gasteiger partial charge in [0.1, 0.15) is 6.61 Å². The van der Waals surface area contributed by atoms with E-state index in [9.17, 15) is 19.5 Å². The van der Waals surface area contributed by atoms with Crippen LogP contribution in [0.4, 0.5) is 0 Å². The predicted molar refractivity (Wildman–Crippen MR) is 234 cm³/mol. The smallest absolute Gasteiger partial charge is 0.362 e. The molecule has 0 saturated heterocycles. The number of ether oxygens (including phenoxy) is 3. The number of quaternary nitrogens is 1. The first-order valence-electron chi connectivity index (χ1n) is 24.1. The van der Waals surface area contributed by atoms with Crippen molar-refractivity contribution in [3.8, 4) is 0 Å². The molecule has 0 spiro atoms. The number of esters is 2. The van der Waals surface area contributed by atoms with Gasteiger partial charge in [-0.15, -0.1) is 0 Å². The topological polar surface area (TPSA) is 99.1 Å². The first kappa shape index (κ1) is 54.3. The van der Waals surface area contributed by atoms with Crippen molar-refractivity contribution in [1.82, 2.24) is 0 Å². The maximum absolute atomic E-state index is 12.7. The zero-order valence-corrected chi connectivity index (χ0v) is 37.9. The van der Waals surface area contributed by atoms with Gasteiger partial charge in [0, 0.05) is 19.3 Å². The number of hydrogen-bond donors (Lipinski definition) is 1. The average Bonchev–Trinajstić information content (AvgIpc) is 3.15. The molecule has 0 amide bonds. The second-order valence-corrected chi connectivity index (χ2v) is 17.7. The highest BCUT2D eigenvalue weighted by Crippen LogP contribution is 2.17. The van der Waals surface area contributed by atoms with Crippen molar-refractivity contribution in [2.75, 3.05) is 41.0 Å². The third kappa shape index (κ3) is 37.9. The molecule has 0 aromatic rings. The number of carboxylic acids is 1. The first-order chi connectivity index (χ1) is 27.1. The monoisotopic (exact) mass is 797 g/mol. The van der Waals surface area contributed by atoms with Crippen molar-refractivity contribution < 1.29 is 38.2 Å². The van der Waals surface area contributed by atoms with Gasteiger partial charge < -0.3 is 23.8 Å². The van der Waals surface area contributed by atoms with Gasteiger partial charge in [0.25, 0.3) is 0 Å². The van der Waals surface area contributed by atoms with Gasteiger partial charge in [-0.05, 0) is 12.8 Å². The summed E-state index contributed by atoms with van der Waals surface area (Å²) in [7, 11) is 5.54. The van der Waals surface area contributed by atoms with E-state index < -0.39 is 18.1 Å². The third-order valence-electron chi connectivity index (χ3n) is 11.3. The lowest BCUT2D eigenvalue weighted by molar-refractivity contribution is -0.887. The van der Waals surface area contributed by atoms with Crippen LogP contribution in [-0.4, -0.2) is 80.6 Å². The Morgan fingerprint density at radius 1 is 0.464 bits per heavy atom. The van der Waals surface area contributed by atoms with Gasteiger partial charge in [-0.3, -0.25) is 9.59 Å². The SMILES string of the molecule is CCCCCCCCCCCCCCCCCCCCCCCCCCC(=O)OC(COCCC(C(=O)O)[N+](C)(C)C)COC(=O)CCCCCCCCCC. The number of carboxylic acid groups (broad SMARTS) is 1. The first-order valence-corrected chi connectivity index (χ1v) is 24.1. The van der Waals surface area contributed by atoms with E-state index in [4.69, 9.17) is 14.2 Å². The fourth-order valence-electron chi connectivity index (χ4n) is 7.51. The Hall–Kier alpha value is -1.67. The molecule has 2 unspecified atom stereocenters. The van der Waals surface area contributed by atoms with Gasteiger partial charge >= 0.3 is 17.9 Å². The van der Waals surface area contributed by atoms with Gasteiger partial charge in [-0.2, -0.15) is 0 Å². The van der Waals surface area contributed by atoms with Gasteiger partial charge in [0.05, 0.1) is 34.4 Å². The molecule has 0 aromatic carbocycles. The van der Waals surface area contributed by atoms with Gasteiger partial charge in [-0.1, -0.05) is 206 Å². The van der Waals surface area contributed by atoms with Crippen molar-refractivity contribution >= 4 is 17.9 Å². The van der Waals surface area contributed by atoms with E-state index in [0.29, 0.717) is 19.3 Å². The normalized spacial score (nSPS) is 12.8. The minimum atomic E-state index is -0.871. The molecule has 8 heteroatoms. The fraction of sp³-hybridized carbons (Fsp3) is 0.938. The number of unbranched alkanes of at least 4 members (excludes halogenated alkanes) is 30. The zero-order chi connectivity index (χ0) is 41.4. The highest BCUT2D eigenvalue weighted by Gasteiger charge is 2.31. The molecular formula is C48H94NO7+. The van der Waals surface area contributed by atoms with E-state index in [2.05, 4.69) is 13.8 Å². The lowest BCUT2D eigenvalue weighted by atomic mass is 10.0. The molecule has 0 aliphatic heterocycles. The average molecular weight is 797 g/mol. The Balaban J connectivity index is 4.05. The van der Waals surface area contributed by atoms with E-state index in [1.807, 2.05) is 21.1 Å². The van der Waals surface area contributed by atoms with Gasteiger partial charge in [-0.25, -0.2) is 4.79 Å². The van der Waals surface area contributed by atoms with E-state index in [1.54, 1.807) is 0 Å². The Morgan fingerprint density at radius 2 is 0.786 bits per heavy atom. The molecule has 0 heterocycles. The molecular weight excluding hydrogens is 703 g/mol. The van der Waals surface area contributed by atoms with Crippen LogP contribution in [0, 0.1) is 0 Å². The third-order valence-corrected chi connectivity index (χ3v) is 11.3. The lowest BCUT2D eigenvalue weighted by Gasteiger charge is -2.31. The molecule has 8 nitrogen and oxygen atoms in total. The van der Waals surface area contributed by atoms with E-state index in [0.717, 1.165) is 38.5 Å². The van der Waals surface area contributed by atoms with Crippen LogP contribution in [0.5, 0.6) is 0 Å². The summed E-state index contributed by atoms with van der Waals surface area (Å²) in [6, 6.07) is -0.607. The number of hydrogen-bond acceptors (Lipinski definition) is 6. The number of rotatable bonds is 44. The highest BCUT2D eigenvalue weighted by atomic mass is 16.6. The van der Waals surface area contributed by atoms with Crippen LogP contribution in [0.2, 0.25) is 0 Å². The van der Waals surface area contributed by atoms with Crippen LogP contribution in [0.25, 0.3) is 0 Å². The summed E-state index contributed by atoms with van der Waals surface area (Å²) in [5.74, 6) is -1.45. The number of aliphatic carboxylic acids is 1. The molecule has 56 heavy (non-hydrogen) atoms. The second kappa shape index (κ2) is 40.1. The molecule has 0 aliphatic rings. The van der Waals surface area contributed by atoms with E-state index in [1.165, 1.54) is 167 Å². The predicted octanol–water partition coefficient (Wildman–Crippen LogP) is 13.3. The molecule has 0 aromatic heterocycles. The van der Waals surface area contributed by atoms with Crippen LogP contribution in [0.15, 0.2) is 0 Å². The largest absolute Gasteiger partial charge is 0.477 e. The summed E-state index contributed by atoms with van der Waals surface area (Å²) >= 11 is 0. The maximum atomic E-state index is 12.7. The van der Waals surface area contributed by atoms with Crippen LogP contribution in [-0.2, 0) is 28.6 Å². The molecule has 332 valence electrons. The summed E-state index contributed by atoms with van der Waals surface area (Å²) in [5.41, 5.74) is 0. The molecule has 0 saturated carbocycles. The number of carbonyl (C=O) groups excluding carboxylic acids is 2. The Bertz CT molecular complexity index is 889. The minimum absolute atomic E-state index is 0.0429. The Morgan fingerprint density at radius 3 is 1.11 bits per heavy atom. The second-order valence-electron chi connectivity index (χ2n) is 17.7. The van der Waals surface area contributed by atoms with E-state index >= 15 is 0 Å².